The lowest BCUT2D eigenvalue weighted by Gasteiger charge is -2.30. The Morgan fingerprint density at radius 1 is 0.645 bits per heavy atom. The Labute approximate surface area is 190 Å². The van der Waals surface area contributed by atoms with E-state index in [-0.39, 0.29) is 0 Å². The lowest BCUT2D eigenvalue weighted by molar-refractivity contribution is -0.00470. The van der Waals surface area contributed by atoms with E-state index in [0.717, 1.165) is 22.3 Å². The number of allylic oxidation sites excluding steroid dienone is 6. The molecule has 0 unspecified atom stereocenters. The van der Waals surface area contributed by atoms with Crippen LogP contribution in [-0.4, -0.2) is 8.80 Å². The lowest BCUT2D eigenvalue weighted by Crippen LogP contribution is -2.63. The summed E-state index contributed by atoms with van der Waals surface area (Å²) < 4.78 is 18.6. The Kier molecular flexibility index (Phi) is 11.6. The molecule has 0 spiro atoms. The standard InChI is InChI=1S/C24H41N3O3Si/c1-18(2)15-21(7)25-28-31(24-13-11-10-12-14-24,29-26-22(8)16-19(3)4)30-27-23(9)17-20(5)6/h10-20,25-27H,1-9H3. The Morgan fingerprint density at radius 3 is 1.26 bits per heavy atom. The van der Waals surface area contributed by atoms with Gasteiger partial charge < -0.3 is 0 Å². The fraction of sp³-hybridized carbons (Fsp3) is 0.500. The first kappa shape index (κ1) is 27.0. The van der Waals surface area contributed by atoms with Crippen LogP contribution in [0.3, 0.4) is 0 Å². The lowest BCUT2D eigenvalue weighted by atomic mass is 10.2. The Balaban J connectivity index is 3.27. The van der Waals surface area contributed by atoms with Gasteiger partial charge in [0.25, 0.3) is 0 Å². The molecule has 0 aliphatic heterocycles. The van der Waals surface area contributed by atoms with E-state index in [1.54, 1.807) is 0 Å². The van der Waals surface area contributed by atoms with Gasteiger partial charge in [-0.3, -0.25) is 30.0 Å². The van der Waals surface area contributed by atoms with Crippen LogP contribution in [0.2, 0.25) is 0 Å². The summed E-state index contributed by atoms with van der Waals surface area (Å²) in [7, 11) is -3.47. The molecule has 0 aromatic heterocycles. The van der Waals surface area contributed by atoms with Crippen molar-refractivity contribution >= 4 is 14.0 Å². The highest BCUT2D eigenvalue weighted by atomic mass is 28.4. The van der Waals surface area contributed by atoms with Gasteiger partial charge in [-0.15, -0.1) is 0 Å². The molecule has 174 valence electrons. The van der Waals surface area contributed by atoms with Crippen LogP contribution in [0.15, 0.2) is 65.7 Å². The Hall–Kier alpha value is -2.06. The van der Waals surface area contributed by atoms with Gasteiger partial charge in [0, 0.05) is 22.3 Å². The average molecular weight is 448 g/mol. The number of hydroxylamine groups is 3. The molecule has 1 aromatic carbocycles. The molecule has 0 radical (unpaired) electrons. The van der Waals surface area contributed by atoms with Crippen molar-refractivity contribution in [3.63, 3.8) is 0 Å². The molecular weight excluding hydrogens is 406 g/mol. The maximum atomic E-state index is 6.19. The number of hydrogen-bond acceptors (Lipinski definition) is 6. The van der Waals surface area contributed by atoms with E-state index in [1.165, 1.54) is 0 Å². The molecule has 0 amide bonds. The van der Waals surface area contributed by atoms with Crippen LogP contribution in [0.1, 0.15) is 62.3 Å². The van der Waals surface area contributed by atoms with Crippen molar-refractivity contribution in [3.8, 4) is 0 Å². The van der Waals surface area contributed by atoms with Gasteiger partial charge in [-0.25, -0.2) is 0 Å². The first-order valence-electron chi connectivity index (χ1n) is 11.0. The third-order valence-corrected chi connectivity index (χ3v) is 6.07. The molecular formula is C24H41N3O3Si. The Morgan fingerprint density at radius 2 is 0.968 bits per heavy atom. The maximum Gasteiger partial charge on any atom is 0.603 e. The largest absolute Gasteiger partial charge is 0.603 e. The van der Waals surface area contributed by atoms with Gasteiger partial charge in [0.05, 0.1) is 0 Å². The van der Waals surface area contributed by atoms with Gasteiger partial charge in [0.2, 0.25) is 0 Å². The second kappa shape index (κ2) is 13.4. The summed E-state index contributed by atoms with van der Waals surface area (Å²) in [6.07, 6.45) is 6.25. The van der Waals surface area contributed by atoms with Crippen LogP contribution in [0.4, 0.5) is 0 Å². The predicted molar refractivity (Wildman–Crippen MR) is 130 cm³/mol. The fourth-order valence-corrected chi connectivity index (χ4v) is 4.89. The minimum atomic E-state index is -3.47. The summed E-state index contributed by atoms with van der Waals surface area (Å²) in [4.78, 5) is 0. The van der Waals surface area contributed by atoms with E-state index < -0.39 is 8.80 Å². The van der Waals surface area contributed by atoms with Gasteiger partial charge >= 0.3 is 8.80 Å². The van der Waals surface area contributed by atoms with Gasteiger partial charge in [-0.2, -0.15) is 0 Å². The highest BCUT2D eigenvalue weighted by Gasteiger charge is 2.48. The van der Waals surface area contributed by atoms with Crippen molar-refractivity contribution in [2.75, 3.05) is 0 Å². The number of nitrogens with one attached hydrogen (secondary N) is 3. The number of hydrogen-bond donors (Lipinski definition) is 3. The monoisotopic (exact) mass is 447 g/mol. The van der Waals surface area contributed by atoms with E-state index in [0.29, 0.717) is 17.8 Å². The summed E-state index contributed by atoms with van der Waals surface area (Å²) in [5.41, 5.74) is 11.8. The third kappa shape index (κ3) is 10.7. The van der Waals surface area contributed by atoms with Crippen LogP contribution in [-0.2, 0) is 13.6 Å². The predicted octanol–water partition coefficient (Wildman–Crippen LogP) is 5.08. The summed E-state index contributed by atoms with van der Waals surface area (Å²) in [6, 6.07) is 9.73. The number of rotatable bonds is 13. The van der Waals surface area contributed by atoms with Gasteiger partial charge in [-0.1, -0.05) is 90.1 Å². The highest BCUT2D eigenvalue weighted by molar-refractivity contribution is 6.75. The zero-order valence-corrected chi connectivity index (χ0v) is 21.6. The Bertz CT molecular complexity index is 674. The normalized spacial score (nSPS) is 15.4. The van der Waals surface area contributed by atoms with Gasteiger partial charge in [0.15, 0.2) is 0 Å². The molecule has 1 rings (SSSR count). The minimum absolute atomic E-state index is 0.384. The van der Waals surface area contributed by atoms with Gasteiger partial charge in [0.1, 0.15) is 0 Å². The highest BCUT2D eigenvalue weighted by Crippen LogP contribution is 2.12. The SMILES string of the molecule is CC(=CC(C)C)NO[Si](ONC(C)=CC(C)C)(ONC(C)=CC(C)C)c1ccccc1. The van der Waals surface area contributed by atoms with Crippen molar-refractivity contribution < 1.29 is 13.6 Å². The molecule has 1 aromatic rings. The summed E-state index contributed by atoms with van der Waals surface area (Å²) in [5.74, 6) is 1.15. The van der Waals surface area contributed by atoms with E-state index >= 15 is 0 Å². The van der Waals surface area contributed by atoms with Crippen molar-refractivity contribution in [3.05, 3.63) is 65.7 Å². The smallest absolute Gasteiger partial charge is 0.278 e. The van der Waals surface area contributed by atoms with Crippen LogP contribution in [0.25, 0.3) is 0 Å². The molecule has 0 saturated carbocycles. The fourth-order valence-electron chi connectivity index (χ4n) is 2.93. The van der Waals surface area contributed by atoms with Crippen molar-refractivity contribution in [1.82, 2.24) is 16.4 Å². The molecule has 0 fully saturated rings. The van der Waals surface area contributed by atoms with Crippen molar-refractivity contribution in [1.29, 1.82) is 0 Å². The van der Waals surface area contributed by atoms with Gasteiger partial charge in [-0.05, 0) is 38.5 Å². The van der Waals surface area contributed by atoms with Crippen LogP contribution in [0.5, 0.6) is 0 Å². The quantitative estimate of drug-likeness (QED) is 0.290. The molecule has 7 heteroatoms. The molecule has 6 nitrogen and oxygen atoms in total. The zero-order chi connectivity index (χ0) is 23.4. The first-order chi connectivity index (χ1) is 14.5. The molecule has 0 aliphatic rings. The van der Waals surface area contributed by atoms with Crippen molar-refractivity contribution in [2.45, 2.75) is 62.3 Å². The molecule has 0 heterocycles. The minimum Gasteiger partial charge on any atom is -0.278 e. The zero-order valence-electron chi connectivity index (χ0n) is 20.6. The third-order valence-electron chi connectivity index (χ3n) is 3.92. The molecule has 0 atom stereocenters. The summed E-state index contributed by atoms with van der Waals surface area (Å²) in [5, 5.41) is 0.814. The summed E-state index contributed by atoms with van der Waals surface area (Å²) >= 11 is 0. The second-order valence-corrected chi connectivity index (χ2v) is 11.1. The second-order valence-electron chi connectivity index (χ2n) is 8.82. The molecule has 31 heavy (non-hydrogen) atoms. The molecule has 0 saturated heterocycles. The number of benzene rings is 1. The van der Waals surface area contributed by atoms with E-state index in [4.69, 9.17) is 13.6 Å². The van der Waals surface area contributed by atoms with Crippen LogP contribution in [0, 0.1) is 17.8 Å². The van der Waals surface area contributed by atoms with Crippen LogP contribution < -0.4 is 21.6 Å². The topological polar surface area (TPSA) is 63.8 Å². The van der Waals surface area contributed by atoms with E-state index in [2.05, 4.69) is 76.2 Å². The summed E-state index contributed by atoms with van der Waals surface area (Å²) in [6.45, 7) is 18.6. The van der Waals surface area contributed by atoms with E-state index in [1.807, 2.05) is 51.1 Å². The first-order valence-corrected chi connectivity index (χ1v) is 12.7. The van der Waals surface area contributed by atoms with Crippen LogP contribution >= 0.6 is 0 Å². The average Bonchev–Trinajstić information content (AvgIpc) is 2.67. The van der Waals surface area contributed by atoms with E-state index in [9.17, 15) is 0 Å². The molecule has 0 aliphatic carbocycles. The van der Waals surface area contributed by atoms with Crippen molar-refractivity contribution in [2.24, 2.45) is 17.8 Å². The molecule has 0 bridgehead atoms. The molecule has 3 N–H and O–H groups in total. The maximum absolute atomic E-state index is 6.19.